The SMILES string of the molecule is CCc1cc2c(=O)n(CC(=O)Nc3ccccc3S(C)(=O)=O)cnc2s1. The van der Waals surface area contributed by atoms with Gasteiger partial charge in [0.05, 0.1) is 22.3 Å². The number of sulfone groups is 1. The number of nitrogens with zero attached hydrogens (tertiary/aromatic N) is 2. The van der Waals surface area contributed by atoms with Crippen LogP contribution in [0.1, 0.15) is 11.8 Å². The standard InChI is InChI=1S/C17H17N3O4S2/c1-3-11-8-12-16(25-11)18-10-20(17(12)22)9-15(21)19-13-6-4-5-7-14(13)26(2,23)24/h4-8,10H,3,9H2,1-2H3,(H,19,21). The van der Waals surface area contributed by atoms with E-state index in [1.54, 1.807) is 18.2 Å². The van der Waals surface area contributed by atoms with Crippen LogP contribution in [0.4, 0.5) is 5.69 Å². The van der Waals surface area contributed by atoms with Gasteiger partial charge in [-0.1, -0.05) is 19.1 Å². The second kappa shape index (κ2) is 7.00. The zero-order valence-corrected chi connectivity index (χ0v) is 15.9. The summed E-state index contributed by atoms with van der Waals surface area (Å²) in [6.07, 6.45) is 3.22. The molecule has 1 N–H and O–H groups in total. The van der Waals surface area contributed by atoms with Gasteiger partial charge in [0.1, 0.15) is 11.4 Å². The number of aryl methyl sites for hydroxylation is 1. The van der Waals surface area contributed by atoms with Crippen molar-refractivity contribution in [2.24, 2.45) is 0 Å². The Morgan fingerprint density at radius 2 is 2.04 bits per heavy atom. The number of nitrogens with one attached hydrogen (secondary N) is 1. The van der Waals surface area contributed by atoms with Crippen molar-refractivity contribution in [1.82, 2.24) is 9.55 Å². The number of thiophene rings is 1. The minimum atomic E-state index is -3.48. The fourth-order valence-corrected chi connectivity index (χ4v) is 4.30. The third-order valence-corrected chi connectivity index (χ3v) is 6.13. The van der Waals surface area contributed by atoms with Gasteiger partial charge in [-0.05, 0) is 24.6 Å². The topological polar surface area (TPSA) is 98.1 Å². The minimum Gasteiger partial charge on any atom is -0.323 e. The normalized spacial score (nSPS) is 11.6. The van der Waals surface area contributed by atoms with Crippen molar-refractivity contribution in [3.05, 3.63) is 51.9 Å². The van der Waals surface area contributed by atoms with Crippen LogP contribution in [0.3, 0.4) is 0 Å². The molecule has 136 valence electrons. The van der Waals surface area contributed by atoms with E-state index in [2.05, 4.69) is 10.3 Å². The van der Waals surface area contributed by atoms with Gasteiger partial charge in [0.2, 0.25) is 5.91 Å². The Morgan fingerprint density at radius 1 is 1.31 bits per heavy atom. The molecule has 0 unspecified atom stereocenters. The molecule has 3 aromatic rings. The number of para-hydroxylation sites is 1. The first-order valence-electron chi connectivity index (χ1n) is 7.86. The van der Waals surface area contributed by atoms with Crippen LogP contribution in [0.5, 0.6) is 0 Å². The van der Waals surface area contributed by atoms with Crippen molar-refractivity contribution in [3.8, 4) is 0 Å². The maximum Gasteiger partial charge on any atom is 0.262 e. The second-order valence-electron chi connectivity index (χ2n) is 5.78. The number of carbonyl (C=O) groups is 1. The lowest BCUT2D eigenvalue weighted by molar-refractivity contribution is -0.116. The molecular formula is C17H17N3O4S2. The molecule has 0 aliphatic rings. The molecule has 0 saturated heterocycles. The molecule has 3 rings (SSSR count). The Hall–Kier alpha value is -2.52. The molecule has 1 aromatic carbocycles. The van der Waals surface area contributed by atoms with Crippen molar-refractivity contribution >= 4 is 43.0 Å². The number of aromatic nitrogens is 2. The maximum atomic E-state index is 12.5. The van der Waals surface area contributed by atoms with E-state index in [-0.39, 0.29) is 22.7 Å². The summed E-state index contributed by atoms with van der Waals surface area (Å²) in [5, 5.41) is 3.04. The summed E-state index contributed by atoms with van der Waals surface area (Å²) in [5.74, 6) is -0.504. The van der Waals surface area contributed by atoms with Gasteiger partial charge in [-0.3, -0.25) is 14.2 Å². The van der Waals surface area contributed by atoms with E-state index in [0.29, 0.717) is 10.2 Å². The van der Waals surface area contributed by atoms with Gasteiger partial charge in [-0.2, -0.15) is 0 Å². The van der Waals surface area contributed by atoms with Crippen LogP contribution in [-0.4, -0.2) is 30.1 Å². The third-order valence-electron chi connectivity index (χ3n) is 3.79. The summed E-state index contributed by atoms with van der Waals surface area (Å²) in [6, 6.07) is 7.92. The Balaban J connectivity index is 1.87. The molecule has 9 heteroatoms. The zero-order chi connectivity index (χ0) is 18.9. The van der Waals surface area contributed by atoms with Crippen molar-refractivity contribution < 1.29 is 13.2 Å². The molecular weight excluding hydrogens is 374 g/mol. The number of rotatable bonds is 5. The molecule has 0 atom stereocenters. The highest BCUT2D eigenvalue weighted by atomic mass is 32.2. The van der Waals surface area contributed by atoms with Crippen LogP contribution in [-0.2, 0) is 27.6 Å². The summed E-state index contributed by atoms with van der Waals surface area (Å²) in [7, 11) is -3.48. The molecule has 2 aromatic heterocycles. The van der Waals surface area contributed by atoms with Crippen LogP contribution >= 0.6 is 11.3 Å². The first-order chi connectivity index (χ1) is 12.3. The van der Waals surface area contributed by atoms with Gasteiger partial charge in [0.15, 0.2) is 9.84 Å². The smallest absolute Gasteiger partial charge is 0.262 e. The fourth-order valence-electron chi connectivity index (χ4n) is 2.53. The summed E-state index contributed by atoms with van der Waals surface area (Å²) in [6.45, 7) is 1.74. The lowest BCUT2D eigenvalue weighted by Gasteiger charge is -2.10. The number of benzene rings is 1. The molecule has 7 nitrogen and oxygen atoms in total. The second-order valence-corrected chi connectivity index (χ2v) is 8.88. The number of hydrogen-bond donors (Lipinski definition) is 1. The summed E-state index contributed by atoms with van der Waals surface area (Å²) in [4.78, 5) is 30.8. The minimum absolute atomic E-state index is 0.0275. The maximum absolute atomic E-state index is 12.5. The number of carbonyl (C=O) groups excluding carboxylic acids is 1. The van der Waals surface area contributed by atoms with Gasteiger partial charge in [-0.25, -0.2) is 13.4 Å². The number of amides is 1. The van der Waals surface area contributed by atoms with Crippen LogP contribution in [0, 0.1) is 0 Å². The van der Waals surface area contributed by atoms with Crippen LogP contribution in [0.25, 0.3) is 10.2 Å². The van der Waals surface area contributed by atoms with E-state index in [1.807, 2.05) is 6.92 Å². The van der Waals surface area contributed by atoms with Crippen molar-refractivity contribution in [2.45, 2.75) is 24.8 Å². The zero-order valence-electron chi connectivity index (χ0n) is 14.2. The highest BCUT2D eigenvalue weighted by Gasteiger charge is 2.16. The van der Waals surface area contributed by atoms with Gasteiger partial charge in [0, 0.05) is 11.1 Å². The first kappa shape index (κ1) is 18.3. The van der Waals surface area contributed by atoms with E-state index in [9.17, 15) is 18.0 Å². The summed E-state index contributed by atoms with van der Waals surface area (Å²) < 4.78 is 24.8. The molecule has 0 aliphatic carbocycles. The number of fused-ring (bicyclic) bond motifs is 1. The third kappa shape index (κ3) is 3.68. The highest BCUT2D eigenvalue weighted by Crippen LogP contribution is 2.22. The molecule has 0 bridgehead atoms. The number of hydrogen-bond acceptors (Lipinski definition) is 6. The molecule has 0 spiro atoms. The van der Waals surface area contributed by atoms with Gasteiger partial charge < -0.3 is 5.32 Å². The largest absolute Gasteiger partial charge is 0.323 e. The van der Waals surface area contributed by atoms with Crippen molar-refractivity contribution in [3.63, 3.8) is 0 Å². The molecule has 1 amide bonds. The lowest BCUT2D eigenvalue weighted by atomic mass is 10.3. The van der Waals surface area contributed by atoms with E-state index < -0.39 is 15.7 Å². The Kier molecular flexibility index (Phi) is 4.92. The number of anilines is 1. The fraction of sp³-hybridized carbons (Fsp3) is 0.235. The van der Waals surface area contributed by atoms with E-state index in [1.165, 1.54) is 34.4 Å². The highest BCUT2D eigenvalue weighted by molar-refractivity contribution is 7.90. The summed E-state index contributed by atoms with van der Waals surface area (Å²) in [5.41, 5.74) is -0.108. The molecule has 0 saturated carbocycles. The van der Waals surface area contributed by atoms with Crippen molar-refractivity contribution in [2.75, 3.05) is 11.6 Å². The van der Waals surface area contributed by atoms with E-state index in [4.69, 9.17) is 0 Å². The molecule has 26 heavy (non-hydrogen) atoms. The average Bonchev–Trinajstić information content (AvgIpc) is 3.01. The predicted octanol–water partition coefficient (Wildman–Crippen LogP) is 2.06. The monoisotopic (exact) mass is 391 g/mol. The Bertz CT molecular complexity index is 1150. The van der Waals surface area contributed by atoms with Crippen LogP contribution in [0.15, 0.2) is 46.3 Å². The van der Waals surface area contributed by atoms with Gasteiger partial charge in [0.25, 0.3) is 5.56 Å². The predicted molar refractivity (Wildman–Crippen MR) is 101 cm³/mol. The lowest BCUT2D eigenvalue weighted by Crippen LogP contribution is -2.28. The van der Waals surface area contributed by atoms with Crippen LogP contribution < -0.4 is 10.9 Å². The molecule has 0 radical (unpaired) electrons. The Morgan fingerprint density at radius 3 is 2.73 bits per heavy atom. The molecule has 0 aliphatic heterocycles. The van der Waals surface area contributed by atoms with E-state index in [0.717, 1.165) is 17.6 Å². The first-order valence-corrected chi connectivity index (χ1v) is 10.6. The van der Waals surface area contributed by atoms with E-state index >= 15 is 0 Å². The molecule has 2 heterocycles. The summed E-state index contributed by atoms with van der Waals surface area (Å²) >= 11 is 1.45. The Labute approximate surface area is 154 Å². The van der Waals surface area contributed by atoms with Crippen molar-refractivity contribution in [1.29, 1.82) is 0 Å². The molecule has 0 fully saturated rings. The van der Waals surface area contributed by atoms with Gasteiger partial charge in [-0.15, -0.1) is 11.3 Å². The average molecular weight is 391 g/mol. The van der Waals surface area contributed by atoms with Crippen LogP contribution in [0.2, 0.25) is 0 Å². The quantitative estimate of drug-likeness (QED) is 0.718. The van der Waals surface area contributed by atoms with Gasteiger partial charge >= 0.3 is 0 Å².